The van der Waals surface area contributed by atoms with Crippen molar-refractivity contribution in [1.29, 1.82) is 0 Å². The monoisotopic (exact) mass is 608 g/mol. The van der Waals surface area contributed by atoms with Crippen LogP contribution in [-0.2, 0) is 43.5 Å². The molecule has 0 aliphatic carbocycles. The lowest BCUT2D eigenvalue weighted by atomic mass is 10.0. The highest BCUT2D eigenvalue weighted by Crippen LogP contribution is 2.23. The molecule has 3 N–H and O–H groups in total. The Morgan fingerprint density at radius 3 is 2.43 bits per heavy atom. The lowest BCUT2D eigenvalue weighted by Crippen LogP contribution is -2.57. The third kappa shape index (κ3) is 8.87. The molecule has 1 aromatic carbocycles. The van der Waals surface area contributed by atoms with Crippen LogP contribution in [0.5, 0.6) is 0 Å². The standard InChI is InChI=1S/C31H44N8O5/c1-21(2)16-26-29(42)33-19-28(41)32-18-23-20-38(36-35-23)14-8-7-13-27(40)34-24(17-22-10-5-4-6-11-22)30(43)39-15-9-12-25(39)31(44)37(26)3/h4-6,10-11,20-21,24-26H,7-9,12-19H2,1-3H3,(H,32,41)(H,33,42)(H,34,40)/t24-,25-,26?/m0/s1. The molecule has 1 saturated heterocycles. The largest absolute Gasteiger partial charge is 0.349 e. The van der Waals surface area contributed by atoms with Crippen LogP contribution in [0.4, 0.5) is 0 Å². The van der Waals surface area contributed by atoms with Crippen molar-refractivity contribution < 1.29 is 24.0 Å². The van der Waals surface area contributed by atoms with Crippen molar-refractivity contribution >= 4 is 29.5 Å². The van der Waals surface area contributed by atoms with Gasteiger partial charge in [-0.3, -0.25) is 28.7 Å². The number of amides is 5. The van der Waals surface area contributed by atoms with E-state index in [1.807, 2.05) is 44.2 Å². The summed E-state index contributed by atoms with van der Waals surface area (Å²) >= 11 is 0. The van der Waals surface area contributed by atoms with Gasteiger partial charge in [0.2, 0.25) is 29.5 Å². The zero-order chi connectivity index (χ0) is 31.6. The van der Waals surface area contributed by atoms with E-state index >= 15 is 0 Å². The van der Waals surface area contributed by atoms with E-state index in [2.05, 4.69) is 26.3 Å². The minimum Gasteiger partial charge on any atom is -0.349 e. The summed E-state index contributed by atoms with van der Waals surface area (Å²) in [4.78, 5) is 69.7. The number of rotatable bonds is 4. The van der Waals surface area contributed by atoms with E-state index in [1.54, 1.807) is 22.8 Å². The summed E-state index contributed by atoms with van der Waals surface area (Å²) < 4.78 is 1.66. The molecule has 2 aliphatic rings. The fraction of sp³-hybridized carbons (Fsp3) is 0.581. The van der Waals surface area contributed by atoms with Crippen molar-refractivity contribution in [1.82, 2.24) is 40.7 Å². The van der Waals surface area contributed by atoms with Gasteiger partial charge in [-0.25, -0.2) is 0 Å². The number of benzene rings is 1. The Morgan fingerprint density at radius 1 is 0.909 bits per heavy atom. The van der Waals surface area contributed by atoms with Crippen LogP contribution in [-0.4, -0.2) is 92.6 Å². The van der Waals surface area contributed by atoms with Gasteiger partial charge in [0.1, 0.15) is 23.8 Å². The second kappa shape index (κ2) is 15.4. The van der Waals surface area contributed by atoms with Crippen molar-refractivity contribution in [2.45, 2.75) is 90.0 Å². The van der Waals surface area contributed by atoms with E-state index in [-0.39, 0.29) is 43.1 Å². The molecule has 0 saturated carbocycles. The SMILES string of the molecule is CC(C)CC1C(=O)NCC(=O)NCc2cn(nn2)CCCCC(=O)N[C@@H](Cc2ccccc2)C(=O)N2CCC[C@H]2C(=O)N1C. The predicted octanol–water partition coefficient (Wildman–Crippen LogP) is 0.786. The number of fused-ring (bicyclic) bond motifs is 3. The van der Waals surface area contributed by atoms with Crippen LogP contribution in [0.2, 0.25) is 0 Å². The van der Waals surface area contributed by atoms with Crippen molar-refractivity contribution in [3.8, 4) is 0 Å². The maximum atomic E-state index is 14.0. The average Bonchev–Trinajstić information content (AvgIpc) is 3.68. The molecular weight excluding hydrogens is 564 g/mol. The summed E-state index contributed by atoms with van der Waals surface area (Å²) in [5, 5.41) is 16.5. The highest BCUT2D eigenvalue weighted by Gasteiger charge is 2.41. The summed E-state index contributed by atoms with van der Waals surface area (Å²) in [6, 6.07) is 7.05. The van der Waals surface area contributed by atoms with Gasteiger partial charge in [0.25, 0.3) is 0 Å². The van der Waals surface area contributed by atoms with Gasteiger partial charge in [-0.05, 0) is 43.6 Å². The quantitative estimate of drug-likeness (QED) is 0.463. The average molecular weight is 609 g/mol. The van der Waals surface area contributed by atoms with Crippen molar-refractivity contribution in [2.75, 3.05) is 20.1 Å². The zero-order valence-electron chi connectivity index (χ0n) is 25.8. The molecule has 0 radical (unpaired) electrons. The minimum atomic E-state index is -0.840. The van der Waals surface area contributed by atoms with Gasteiger partial charge in [0.15, 0.2) is 0 Å². The third-order valence-electron chi connectivity index (χ3n) is 8.07. The van der Waals surface area contributed by atoms with Crippen LogP contribution in [0.1, 0.15) is 63.6 Å². The molecule has 1 fully saturated rings. The number of carbonyl (C=O) groups is 5. The summed E-state index contributed by atoms with van der Waals surface area (Å²) in [5.74, 6) is -1.64. The van der Waals surface area contributed by atoms with E-state index in [1.165, 1.54) is 4.90 Å². The topological polar surface area (TPSA) is 159 Å². The van der Waals surface area contributed by atoms with Crippen LogP contribution in [0.15, 0.2) is 36.5 Å². The number of nitrogens with one attached hydrogen (secondary N) is 3. The number of hydrogen-bond acceptors (Lipinski definition) is 7. The van der Waals surface area contributed by atoms with Crippen LogP contribution in [0.25, 0.3) is 0 Å². The van der Waals surface area contributed by atoms with Gasteiger partial charge >= 0.3 is 0 Å². The molecule has 13 nitrogen and oxygen atoms in total. The van der Waals surface area contributed by atoms with Crippen molar-refractivity contribution in [3.63, 3.8) is 0 Å². The molecule has 0 spiro atoms. The van der Waals surface area contributed by atoms with Crippen LogP contribution < -0.4 is 16.0 Å². The van der Waals surface area contributed by atoms with Gasteiger partial charge < -0.3 is 25.8 Å². The van der Waals surface area contributed by atoms with Crippen LogP contribution in [0.3, 0.4) is 0 Å². The van der Waals surface area contributed by atoms with Crippen molar-refractivity contribution in [3.05, 3.63) is 47.8 Å². The molecule has 5 amide bonds. The Balaban J connectivity index is 1.59. The van der Waals surface area contributed by atoms with Gasteiger partial charge in [-0.2, -0.15) is 0 Å². The molecule has 44 heavy (non-hydrogen) atoms. The maximum Gasteiger partial charge on any atom is 0.246 e. The predicted molar refractivity (Wildman–Crippen MR) is 162 cm³/mol. The Hall–Kier alpha value is -4.29. The number of aromatic nitrogens is 3. The lowest BCUT2D eigenvalue weighted by molar-refractivity contribution is -0.148. The molecule has 2 aromatic rings. The third-order valence-corrected chi connectivity index (χ3v) is 8.07. The summed E-state index contributed by atoms with van der Waals surface area (Å²) in [5.41, 5.74) is 1.46. The molecule has 1 aromatic heterocycles. The van der Waals surface area contributed by atoms with E-state index in [0.29, 0.717) is 57.3 Å². The molecule has 2 aliphatic heterocycles. The van der Waals surface area contributed by atoms with E-state index in [0.717, 1.165) is 5.56 Å². The second-order valence-corrected chi connectivity index (χ2v) is 12.0. The van der Waals surface area contributed by atoms with E-state index in [4.69, 9.17) is 0 Å². The number of carbonyl (C=O) groups excluding carboxylic acids is 5. The van der Waals surface area contributed by atoms with Crippen LogP contribution >= 0.6 is 0 Å². The highest BCUT2D eigenvalue weighted by molar-refractivity contribution is 5.95. The maximum absolute atomic E-state index is 14.0. The zero-order valence-corrected chi connectivity index (χ0v) is 25.8. The van der Waals surface area contributed by atoms with Crippen LogP contribution in [0, 0.1) is 5.92 Å². The normalized spacial score (nSPS) is 23.4. The van der Waals surface area contributed by atoms with Gasteiger partial charge in [0, 0.05) is 33.0 Å². The molecule has 13 heteroatoms. The van der Waals surface area contributed by atoms with E-state index < -0.39 is 29.9 Å². The second-order valence-electron chi connectivity index (χ2n) is 12.0. The fourth-order valence-corrected chi connectivity index (χ4v) is 5.70. The summed E-state index contributed by atoms with van der Waals surface area (Å²) in [7, 11) is 1.57. The lowest BCUT2D eigenvalue weighted by Gasteiger charge is -2.34. The molecular formula is C31H44N8O5. The molecule has 1 unspecified atom stereocenters. The number of aryl methyl sites for hydroxylation is 1. The smallest absolute Gasteiger partial charge is 0.246 e. The number of nitrogens with zero attached hydrogens (tertiary/aromatic N) is 5. The Morgan fingerprint density at radius 2 is 1.68 bits per heavy atom. The van der Waals surface area contributed by atoms with E-state index in [9.17, 15) is 24.0 Å². The molecule has 3 atom stereocenters. The minimum absolute atomic E-state index is 0.0859. The van der Waals surface area contributed by atoms with Gasteiger partial charge in [-0.1, -0.05) is 49.4 Å². The molecule has 238 valence electrons. The summed E-state index contributed by atoms with van der Waals surface area (Å²) in [6.07, 6.45) is 4.97. The molecule has 3 heterocycles. The summed E-state index contributed by atoms with van der Waals surface area (Å²) in [6.45, 7) is 4.73. The fourth-order valence-electron chi connectivity index (χ4n) is 5.70. The Bertz CT molecular complexity index is 1310. The van der Waals surface area contributed by atoms with Gasteiger partial charge in [-0.15, -0.1) is 5.10 Å². The van der Waals surface area contributed by atoms with Gasteiger partial charge in [0.05, 0.1) is 19.3 Å². The number of likely N-dealkylation sites (N-methyl/N-ethyl adjacent to an activating group) is 1. The number of hydrogen-bond donors (Lipinski definition) is 3. The Labute approximate surface area is 258 Å². The first-order valence-electron chi connectivity index (χ1n) is 15.5. The molecule has 4 rings (SSSR count). The first-order valence-corrected chi connectivity index (χ1v) is 15.5. The Kier molecular flexibility index (Phi) is 11.4. The van der Waals surface area contributed by atoms with Crippen molar-refractivity contribution in [2.24, 2.45) is 5.92 Å². The highest BCUT2D eigenvalue weighted by atomic mass is 16.2. The first kappa shape index (κ1) is 32.6. The molecule has 2 bridgehead atoms. The first-order chi connectivity index (χ1) is 21.1.